The van der Waals surface area contributed by atoms with Gasteiger partial charge in [-0.2, -0.15) is 5.26 Å². The molecule has 0 saturated carbocycles. The van der Waals surface area contributed by atoms with Gasteiger partial charge in [0.05, 0.1) is 21.5 Å². The van der Waals surface area contributed by atoms with Crippen molar-refractivity contribution in [1.29, 1.82) is 5.26 Å². The number of benzene rings is 2. The highest BCUT2D eigenvalue weighted by molar-refractivity contribution is 7.99. The first kappa shape index (κ1) is 17.0. The van der Waals surface area contributed by atoms with Gasteiger partial charge in [-0.1, -0.05) is 11.6 Å². The molecule has 0 amide bonds. The van der Waals surface area contributed by atoms with Gasteiger partial charge in [-0.05, 0) is 48.2 Å². The van der Waals surface area contributed by atoms with E-state index in [9.17, 15) is 10.1 Å². The summed E-state index contributed by atoms with van der Waals surface area (Å²) < 4.78 is 1.73. The van der Waals surface area contributed by atoms with Crippen LogP contribution in [-0.2, 0) is 7.05 Å². The quantitative estimate of drug-likeness (QED) is 0.506. The summed E-state index contributed by atoms with van der Waals surface area (Å²) in [5, 5.41) is 29.6. The third-order valence-electron chi connectivity index (χ3n) is 3.42. The fourth-order valence-electron chi connectivity index (χ4n) is 2.17. The topological polar surface area (TPSA) is 97.6 Å². The lowest BCUT2D eigenvalue weighted by molar-refractivity contribution is -0.387. The van der Waals surface area contributed by atoms with Gasteiger partial charge in [0.1, 0.15) is 0 Å². The molecule has 0 aliphatic carbocycles. The first-order chi connectivity index (χ1) is 12.0. The first-order valence-corrected chi connectivity index (χ1v) is 8.21. The van der Waals surface area contributed by atoms with E-state index in [-0.39, 0.29) is 5.69 Å². The van der Waals surface area contributed by atoms with E-state index in [0.29, 0.717) is 26.5 Å². The minimum absolute atomic E-state index is 0.0833. The van der Waals surface area contributed by atoms with Crippen molar-refractivity contribution in [2.45, 2.75) is 10.1 Å². The van der Waals surface area contributed by atoms with Crippen molar-refractivity contribution in [1.82, 2.24) is 14.8 Å². The molecule has 1 aromatic heterocycles. The molecule has 0 fully saturated rings. The fourth-order valence-corrected chi connectivity index (χ4v) is 3.23. The second-order valence-corrected chi connectivity index (χ2v) is 6.47. The Balaban J connectivity index is 1.99. The van der Waals surface area contributed by atoms with Crippen molar-refractivity contribution in [2.75, 3.05) is 0 Å². The minimum atomic E-state index is -0.486. The second kappa shape index (κ2) is 6.93. The van der Waals surface area contributed by atoms with Gasteiger partial charge in [0.15, 0.2) is 11.0 Å². The molecule has 3 rings (SSSR count). The van der Waals surface area contributed by atoms with Crippen molar-refractivity contribution in [3.05, 3.63) is 63.2 Å². The maximum Gasteiger partial charge on any atom is 0.283 e. The van der Waals surface area contributed by atoms with E-state index in [2.05, 4.69) is 10.2 Å². The van der Waals surface area contributed by atoms with Gasteiger partial charge in [0, 0.05) is 23.7 Å². The number of aromatic nitrogens is 3. The van der Waals surface area contributed by atoms with Crippen LogP contribution in [0, 0.1) is 21.4 Å². The predicted molar refractivity (Wildman–Crippen MR) is 93.4 cm³/mol. The highest BCUT2D eigenvalue weighted by Gasteiger charge is 2.19. The fraction of sp³-hybridized carbons (Fsp3) is 0.0625. The van der Waals surface area contributed by atoms with Crippen LogP contribution in [0.25, 0.3) is 11.4 Å². The van der Waals surface area contributed by atoms with Gasteiger partial charge in [0.25, 0.3) is 5.69 Å². The second-order valence-electron chi connectivity index (χ2n) is 5.03. The van der Waals surface area contributed by atoms with Crippen LogP contribution in [0.2, 0.25) is 5.02 Å². The average molecular weight is 372 g/mol. The highest BCUT2D eigenvalue weighted by atomic mass is 35.5. The van der Waals surface area contributed by atoms with Crippen LogP contribution in [0.3, 0.4) is 0 Å². The Hall–Kier alpha value is -2.89. The molecule has 7 nitrogen and oxygen atoms in total. The Bertz CT molecular complexity index is 995. The molecule has 0 unspecified atom stereocenters. The Kier molecular flexibility index (Phi) is 4.70. The van der Waals surface area contributed by atoms with Gasteiger partial charge in [-0.3, -0.25) is 10.1 Å². The zero-order valence-electron chi connectivity index (χ0n) is 12.9. The van der Waals surface area contributed by atoms with E-state index >= 15 is 0 Å². The van der Waals surface area contributed by atoms with E-state index in [4.69, 9.17) is 16.9 Å². The molecule has 0 bridgehead atoms. The highest BCUT2D eigenvalue weighted by Crippen LogP contribution is 2.35. The summed E-state index contributed by atoms with van der Waals surface area (Å²) in [7, 11) is 1.77. The average Bonchev–Trinajstić information content (AvgIpc) is 2.96. The standard InChI is InChI=1S/C16H10ClN5O2S/c1-21-15(11-3-5-12(17)6-4-11)19-20-16(21)25-14-8-10(9-18)2-7-13(14)22(23)24/h2-8H,1H3. The van der Waals surface area contributed by atoms with E-state index in [1.54, 1.807) is 23.7 Å². The Morgan fingerprint density at radius 3 is 2.60 bits per heavy atom. The molecular weight excluding hydrogens is 362 g/mol. The molecule has 0 aliphatic heterocycles. The molecule has 0 aliphatic rings. The van der Waals surface area contributed by atoms with Gasteiger partial charge in [-0.15, -0.1) is 10.2 Å². The van der Waals surface area contributed by atoms with E-state index in [1.165, 1.54) is 18.2 Å². The van der Waals surface area contributed by atoms with Crippen molar-refractivity contribution < 1.29 is 4.92 Å². The number of hydrogen-bond acceptors (Lipinski definition) is 6. The third kappa shape index (κ3) is 3.47. The minimum Gasteiger partial charge on any atom is -0.305 e. The summed E-state index contributed by atoms with van der Waals surface area (Å²) in [6, 6.07) is 13.3. The Morgan fingerprint density at radius 2 is 1.96 bits per heavy atom. The third-order valence-corrected chi connectivity index (χ3v) is 4.76. The van der Waals surface area contributed by atoms with Crippen molar-refractivity contribution in [3.63, 3.8) is 0 Å². The molecule has 0 saturated heterocycles. The molecule has 0 spiro atoms. The smallest absolute Gasteiger partial charge is 0.283 e. The lowest BCUT2D eigenvalue weighted by atomic mass is 10.2. The lowest BCUT2D eigenvalue weighted by Crippen LogP contribution is -1.96. The van der Waals surface area contributed by atoms with Gasteiger partial charge >= 0.3 is 0 Å². The number of nitrogens with zero attached hydrogens (tertiary/aromatic N) is 5. The SMILES string of the molecule is Cn1c(Sc2cc(C#N)ccc2[N+](=O)[O-])nnc1-c1ccc(Cl)cc1. The van der Waals surface area contributed by atoms with Crippen LogP contribution in [0.5, 0.6) is 0 Å². The first-order valence-electron chi connectivity index (χ1n) is 7.01. The van der Waals surface area contributed by atoms with Gasteiger partial charge < -0.3 is 4.57 Å². The number of nitriles is 1. The molecule has 25 heavy (non-hydrogen) atoms. The number of nitro groups is 1. The van der Waals surface area contributed by atoms with Gasteiger partial charge in [0.2, 0.25) is 0 Å². The summed E-state index contributed by atoms with van der Waals surface area (Å²) >= 11 is 6.98. The molecule has 0 atom stereocenters. The van der Waals surface area contributed by atoms with Crippen LogP contribution >= 0.6 is 23.4 Å². The van der Waals surface area contributed by atoms with Crippen LogP contribution in [-0.4, -0.2) is 19.7 Å². The number of halogens is 1. The largest absolute Gasteiger partial charge is 0.305 e. The van der Waals surface area contributed by atoms with Crippen LogP contribution in [0.1, 0.15) is 5.56 Å². The number of nitro benzene ring substituents is 1. The normalized spacial score (nSPS) is 10.4. The van der Waals surface area contributed by atoms with E-state index in [1.807, 2.05) is 18.2 Å². The molecule has 3 aromatic rings. The van der Waals surface area contributed by atoms with E-state index < -0.39 is 4.92 Å². The van der Waals surface area contributed by atoms with Crippen molar-refractivity contribution >= 4 is 29.1 Å². The number of rotatable bonds is 4. The summed E-state index contributed by atoms with van der Waals surface area (Å²) in [4.78, 5) is 11.1. The predicted octanol–water partition coefficient (Wildman–Crippen LogP) is 4.07. The zero-order chi connectivity index (χ0) is 18.0. The molecule has 9 heteroatoms. The van der Waals surface area contributed by atoms with Crippen LogP contribution in [0.15, 0.2) is 52.5 Å². The summed E-state index contributed by atoms with van der Waals surface area (Å²) in [5.41, 5.74) is 1.08. The summed E-state index contributed by atoms with van der Waals surface area (Å²) in [6.07, 6.45) is 0. The number of hydrogen-bond donors (Lipinski definition) is 0. The lowest BCUT2D eigenvalue weighted by Gasteiger charge is -2.05. The maximum absolute atomic E-state index is 11.2. The summed E-state index contributed by atoms with van der Waals surface area (Å²) in [5.74, 6) is 0.609. The molecular formula is C16H10ClN5O2S. The Labute approximate surface area is 152 Å². The maximum atomic E-state index is 11.2. The molecule has 124 valence electrons. The molecule has 0 N–H and O–H groups in total. The Morgan fingerprint density at radius 1 is 1.24 bits per heavy atom. The van der Waals surface area contributed by atoms with Crippen LogP contribution in [0.4, 0.5) is 5.69 Å². The van der Waals surface area contributed by atoms with Crippen molar-refractivity contribution in [3.8, 4) is 17.5 Å². The molecule has 2 aromatic carbocycles. The molecule has 1 heterocycles. The molecule has 0 radical (unpaired) electrons. The van der Waals surface area contributed by atoms with Crippen LogP contribution < -0.4 is 0 Å². The monoisotopic (exact) mass is 371 g/mol. The van der Waals surface area contributed by atoms with Gasteiger partial charge in [-0.25, -0.2) is 0 Å². The zero-order valence-corrected chi connectivity index (χ0v) is 14.5. The summed E-state index contributed by atoms with van der Waals surface area (Å²) in [6.45, 7) is 0. The van der Waals surface area contributed by atoms with Crippen molar-refractivity contribution in [2.24, 2.45) is 7.05 Å². The van der Waals surface area contributed by atoms with E-state index in [0.717, 1.165) is 17.3 Å².